The maximum absolute atomic E-state index is 12.2. The molecule has 0 fully saturated rings. The monoisotopic (exact) mass is 378 g/mol. The van der Waals surface area contributed by atoms with Crippen molar-refractivity contribution in [1.82, 2.24) is 4.90 Å². The van der Waals surface area contributed by atoms with Crippen LogP contribution in [0.3, 0.4) is 0 Å². The Bertz CT molecular complexity index is 769. The first-order chi connectivity index (χ1) is 12.6. The second-order valence-electron chi connectivity index (χ2n) is 5.35. The van der Waals surface area contributed by atoms with Gasteiger partial charge in [0.15, 0.2) is 5.11 Å². The van der Waals surface area contributed by atoms with Gasteiger partial charge in [-0.05, 0) is 60.7 Å². The molecule has 0 aliphatic rings. The number of halogens is 2. The maximum atomic E-state index is 12.2. The van der Waals surface area contributed by atoms with Crippen LogP contribution in [0.1, 0.15) is 11.5 Å². The summed E-state index contributed by atoms with van der Waals surface area (Å²) in [7, 11) is 0. The molecule has 0 unspecified atom stereocenters. The van der Waals surface area contributed by atoms with Gasteiger partial charge < -0.3 is 23.8 Å². The molecule has 0 saturated heterocycles. The number of nitrogens with zero attached hydrogens (tertiary/aromatic N) is 1. The van der Waals surface area contributed by atoms with E-state index in [1.807, 2.05) is 17.0 Å². The number of furan rings is 2. The molecule has 0 aliphatic heterocycles. The third-order valence-corrected chi connectivity index (χ3v) is 3.83. The van der Waals surface area contributed by atoms with E-state index in [0.29, 0.717) is 23.9 Å². The van der Waals surface area contributed by atoms with Gasteiger partial charge in [-0.2, -0.15) is 8.78 Å². The zero-order chi connectivity index (χ0) is 18.4. The molecule has 5 nitrogen and oxygen atoms in total. The molecule has 136 valence electrons. The van der Waals surface area contributed by atoms with Crippen molar-refractivity contribution < 1.29 is 22.4 Å². The number of nitrogens with one attached hydrogen (secondary N) is 1. The van der Waals surface area contributed by atoms with Gasteiger partial charge in [0.2, 0.25) is 0 Å². The standard InChI is InChI=1S/C18H16F2N2O3S/c19-17(20)25-14-7-5-13(6-8-14)21-18(26)22(11-15-3-1-9-23-15)12-16-4-2-10-24-16/h1-10,17H,11-12H2,(H,21,26). The SMILES string of the molecule is FC(F)Oc1ccc(NC(=S)N(Cc2ccco2)Cc2ccco2)cc1. The third kappa shape index (κ3) is 5.06. The molecule has 26 heavy (non-hydrogen) atoms. The third-order valence-electron chi connectivity index (χ3n) is 3.47. The summed E-state index contributed by atoms with van der Waals surface area (Å²) < 4.78 is 39.5. The van der Waals surface area contributed by atoms with E-state index < -0.39 is 6.61 Å². The number of hydrogen-bond acceptors (Lipinski definition) is 4. The Labute approximate surface area is 154 Å². The summed E-state index contributed by atoms with van der Waals surface area (Å²) in [6.07, 6.45) is 3.19. The van der Waals surface area contributed by atoms with E-state index in [9.17, 15) is 8.78 Å². The first-order valence-corrected chi connectivity index (χ1v) is 8.16. The van der Waals surface area contributed by atoms with E-state index in [-0.39, 0.29) is 5.75 Å². The summed E-state index contributed by atoms with van der Waals surface area (Å²) in [5, 5.41) is 3.52. The minimum atomic E-state index is -2.85. The number of anilines is 1. The van der Waals surface area contributed by atoms with Crippen LogP contribution in [-0.2, 0) is 13.1 Å². The predicted molar refractivity (Wildman–Crippen MR) is 96.0 cm³/mol. The van der Waals surface area contributed by atoms with Gasteiger partial charge in [-0.25, -0.2) is 0 Å². The fourth-order valence-corrected chi connectivity index (χ4v) is 2.55. The van der Waals surface area contributed by atoms with Gasteiger partial charge in [0.05, 0.1) is 25.6 Å². The van der Waals surface area contributed by atoms with Gasteiger partial charge in [0, 0.05) is 5.69 Å². The number of ether oxygens (including phenoxy) is 1. The molecule has 0 bridgehead atoms. The van der Waals surface area contributed by atoms with Gasteiger partial charge in [-0.3, -0.25) is 0 Å². The number of alkyl halides is 2. The van der Waals surface area contributed by atoms with E-state index in [4.69, 9.17) is 21.1 Å². The van der Waals surface area contributed by atoms with Crippen molar-refractivity contribution in [2.75, 3.05) is 5.32 Å². The largest absolute Gasteiger partial charge is 0.467 e. The van der Waals surface area contributed by atoms with E-state index >= 15 is 0 Å². The molecular weight excluding hydrogens is 362 g/mol. The molecule has 0 radical (unpaired) electrons. The zero-order valence-electron chi connectivity index (χ0n) is 13.6. The van der Waals surface area contributed by atoms with E-state index in [1.165, 1.54) is 12.1 Å². The summed E-state index contributed by atoms with van der Waals surface area (Å²) in [6.45, 7) is -1.95. The van der Waals surface area contributed by atoms with Crippen LogP contribution >= 0.6 is 12.2 Å². The Morgan fingerprint density at radius 1 is 1.00 bits per heavy atom. The van der Waals surface area contributed by atoms with Crippen molar-refractivity contribution in [2.24, 2.45) is 0 Å². The van der Waals surface area contributed by atoms with Crippen LogP contribution in [0, 0.1) is 0 Å². The molecule has 0 amide bonds. The summed E-state index contributed by atoms with van der Waals surface area (Å²) >= 11 is 5.49. The number of rotatable bonds is 7. The van der Waals surface area contributed by atoms with E-state index in [2.05, 4.69) is 10.1 Å². The van der Waals surface area contributed by atoms with Crippen LogP contribution in [0.5, 0.6) is 5.75 Å². The Morgan fingerprint density at radius 3 is 2.04 bits per heavy atom. The van der Waals surface area contributed by atoms with Crippen molar-refractivity contribution in [1.29, 1.82) is 0 Å². The van der Waals surface area contributed by atoms with Gasteiger partial charge in [-0.1, -0.05) is 0 Å². The van der Waals surface area contributed by atoms with Crippen LogP contribution in [0.2, 0.25) is 0 Å². The van der Waals surface area contributed by atoms with Gasteiger partial charge in [0.1, 0.15) is 17.3 Å². The molecule has 0 saturated carbocycles. The van der Waals surface area contributed by atoms with Gasteiger partial charge in [0.25, 0.3) is 0 Å². The highest BCUT2D eigenvalue weighted by Gasteiger charge is 2.14. The van der Waals surface area contributed by atoms with Crippen LogP contribution in [-0.4, -0.2) is 16.6 Å². The first kappa shape index (κ1) is 17.9. The van der Waals surface area contributed by atoms with Gasteiger partial charge >= 0.3 is 6.61 Å². The lowest BCUT2D eigenvalue weighted by Gasteiger charge is -2.24. The number of thiocarbonyl (C=S) groups is 1. The Morgan fingerprint density at radius 2 is 1.58 bits per heavy atom. The topological polar surface area (TPSA) is 50.8 Å². The average Bonchev–Trinajstić information content (AvgIpc) is 3.29. The molecule has 1 aromatic carbocycles. The highest BCUT2D eigenvalue weighted by Crippen LogP contribution is 2.19. The highest BCUT2D eigenvalue weighted by molar-refractivity contribution is 7.80. The summed E-state index contributed by atoms with van der Waals surface area (Å²) in [5.74, 6) is 1.59. The molecule has 0 aliphatic carbocycles. The quantitative estimate of drug-likeness (QED) is 0.592. The normalized spacial score (nSPS) is 10.7. The van der Waals surface area contributed by atoms with Crippen molar-refractivity contribution in [3.8, 4) is 5.75 Å². The minimum Gasteiger partial charge on any atom is -0.467 e. The second kappa shape index (κ2) is 8.48. The van der Waals surface area contributed by atoms with Gasteiger partial charge in [-0.15, -0.1) is 0 Å². The second-order valence-corrected chi connectivity index (χ2v) is 5.73. The summed E-state index contributed by atoms with van der Waals surface area (Å²) in [4.78, 5) is 1.87. The molecule has 2 aromatic heterocycles. The van der Waals surface area contributed by atoms with Crippen LogP contribution in [0.25, 0.3) is 0 Å². The van der Waals surface area contributed by atoms with E-state index in [1.54, 1.807) is 36.8 Å². The van der Waals surface area contributed by atoms with Crippen LogP contribution in [0.4, 0.5) is 14.5 Å². The van der Waals surface area contributed by atoms with Crippen LogP contribution in [0.15, 0.2) is 69.9 Å². The van der Waals surface area contributed by atoms with Crippen LogP contribution < -0.4 is 10.1 Å². The van der Waals surface area contributed by atoms with Crippen molar-refractivity contribution in [3.63, 3.8) is 0 Å². The fraction of sp³-hybridized carbons (Fsp3) is 0.167. The molecule has 3 rings (SSSR count). The lowest BCUT2D eigenvalue weighted by molar-refractivity contribution is -0.0498. The number of benzene rings is 1. The molecule has 1 N–H and O–H groups in total. The highest BCUT2D eigenvalue weighted by atomic mass is 32.1. The predicted octanol–water partition coefficient (Wildman–Crippen LogP) is 4.87. The Hall–Kier alpha value is -2.87. The summed E-state index contributed by atoms with van der Waals surface area (Å²) in [6, 6.07) is 13.4. The Balaban J connectivity index is 1.68. The molecule has 2 heterocycles. The molecule has 0 spiro atoms. The van der Waals surface area contributed by atoms with Crippen molar-refractivity contribution >= 4 is 23.0 Å². The first-order valence-electron chi connectivity index (χ1n) is 7.76. The van der Waals surface area contributed by atoms with Crippen molar-refractivity contribution in [2.45, 2.75) is 19.7 Å². The smallest absolute Gasteiger partial charge is 0.387 e. The zero-order valence-corrected chi connectivity index (χ0v) is 14.4. The maximum Gasteiger partial charge on any atom is 0.387 e. The molecular formula is C18H16F2N2O3S. The molecule has 8 heteroatoms. The van der Waals surface area contributed by atoms with Crippen molar-refractivity contribution in [3.05, 3.63) is 72.6 Å². The minimum absolute atomic E-state index is 0.0829. The molecule has 0 atom stereocenters. The van der Waals surface area contributed by atoms with E-state index in [0.717, 1.165) is 11.5 Å². The molecule has 3 aromatic rings. The average molecular weight is 378 g/mol. The summed E-state index contributed by atoms with van der Waals surface area (Å²) in [5.41, 5.74) is 0.653. The fourth-order valence-electron chi connectivity index (χ4n) is 2.30. The number of hydrogen-bond donors (Lipinski definition) is 1. The Kier molecular flexibility index (Phi) is 5.85. The lowest BCUT2D eigenvalue weighted by atomic mass is 10.3. The lowest BCUT2D eigenvalue weighted by Crippen LogP contribution is -2.33.